The molecule has 0 radical (unpaired) electrons. The lowest BCUT2D eigenvalue weighted by Gasteiger charge is -2.05. The maximum absolute atomic E-state index is 12.0. The molecule has 0 unspecified atom stereocenters. The third-order valence-corrected chi connectivity index (χ3v) is 3.21. The summed E-state index contributed by atoms with van der Waals surface area (Å²) in [6.45, 7) is 1.32. The highest BCUT2D eigenvalue weighted by Gasteiger charge is 2.12. The summed E-state index contributed by atoms with van der Waals surface area (Å²) in [4.78, 5) is 23.7. The molecule has 3 aromatic rings. The summed E-state index contributed by atoms with van der Waals surface area (Å²) in [6.07, 6.45) is 0. The monoisotopic (exact) mass is 310 g/mol. The maximum Gasteiger partial charge on any atom is 0.338 e. The Balaban J connectivity index is 1.60. The Hall–Kier alpha value is -3.15. The van der Waals surface area contributed by atoms with E-state index in [-0.39, 0.29) is 5.82 Å². The van der Waals surface area contributed by atoms with Crippen molar-refractivity contribution in [1.82, 2.24) is 5.16 Å². The van der Waals surface area contributed by atoms with Crippen LogP contribution in [-0.4, -0.2) is 23.6 Å². The van der Waals surface area contributed by atoms with E-state index in [2.05, 4.69) is 10.5 Å². The van der Waals surface area contributed by atoms with Gasteiger partial charge in [-0.3, -0.25) is 4.79 Å². The van der Waals surface area contributed by atoms with Crippen LogP contribution in [0.1, 0.15) is 16.1 Å². The van der Waals surface area contributed by atoms with E-state index in [1.165, 1.54) is 0 Å². The number of benzene rings is 2. The van der Waals surface area contributed by atoms with Crippen LogP contribution in [0, 0.1) is 6.92 Å². The molecule has 0 atom stereocenters. The lowest BCUT2D eigenvalue weighted by Crippen LogP contribution is -2.21. The second-order valence-corrected chi connectivity index (χ2v) is 5.01. The average molecular weight is 310 g/mol. The molecule has 1 N–H and O–H groups in total. The Bertz CT molecular complexity index is 870. The number of aryl methyl sites for hydroxylation is 1. The van der Waals surface area contributed by atoms with Gasteiger partial charge in [-0.2, -0.15) is 0 Å². The van der Waals surface area contributed by atoms with Gasteiger partial charge in [-0.15, -0.1) is 0 Å². The molecule has 1 amide bonds. The van der Waals surface area contributed by atoms with Crippen molar-refractivity contribution in [2.75, 3.05) is 11.9 Å². The van der Waals surface area contributed by atoms with Gasteiger partial charge in [0.2, 0.25) is 0 Å². The minimum Gasteiger partial charge on any atom is -0.452 e. The zero-order valence-corrected chi connectivity index (χ0v) is 12.4. The van der Waals surface area contributed by atoms with Gasteiger partial charge in [-0.05, 0) is 29.8 Å². The number of ether oxygens (including phenoxy) is 1. The van der Waals surface area contributed by atoms with Crippen LogP contribution in [0.15, 0.2) is 53.1 Å². The van der Waals surface area contributed by atoms with E-state index in [1.807, 2.05) is 30.3 Å². The summed E-state index contributed by atoms with van der Waals surface area (Å²) in [6, 6.07) is 14.5. The lowest BCUT2D eigenvalue weighted by molar-refractivity contribution is -0.119. The van der Waals surface area contributed by atoms with Crippen LogP contribution in [0.5, 0.6) is 0 Å². The van der Waals surface area contributed by atoms with Crippen molar-refractivity contribution >= 4 is 28.5 Å². The number of nitrogens with zero attached hydrogens (tertiary/aromatic N) is 1. The van der Waals surface area contributed by atoms with Crippen LogP contribution >= 0.6 is 0 Å². The second-order valence-electron chi connectivity index (χ2n) is 5.01. The summed E-state index contributed by atoms with van der Waals surface area (Å²) >= 11 is 0. The van der Waals surface area contributed by atoms with Crippen LogP contribution in [0.3, 0.4) is 0 Å². The number of carbonyl (C=O) groups excluding carboxylic acids is 2. The van der Waals surface area contributed by atoms with Crippen molar-refractivity contribution in [2.45, 2.75) is 6.92 Å². The van der Waals surface area contributed by atoms with E-state index >= 15 is 0 Å². The molecule has 3 rings (SSSR count). The Kier molecular flexibility index (Phi) is 4.05. The molecule has 0 saturated carbocycles. The van der Waals surface area contributed by atoms with Gasteiger partial charge >= 0.3 is 5.97 Å². The van der Waals surface area contributed by atoms with Crippen molar-refractivity contribution in [2.24, 2.45) is 0 Å². The van der Waals surface area contributed by atoms with Crippen LogP contribution < -0.4 is 5.32 Å². The first-order valence-electron chi connectivity index (χ1n) is 7.01. The average Bonchev–Trinajstić information content (AvgIpc) is 2.97. The third kappa shape index (κ3) is 3.55. The number of amides is 1. The van der Waals surface area contributed by atoms with Gasteiger partial charge < -0.3 is 14.6 Å². The van der Waals surface area contributed by atoms with Gasteiger partial charge in [0.1, 0.15) is 5.76 Å². The molecule has 1 aromatic heterocycles. The van der Waals surface area contributed by atoms with Gasteiger partial charge in [0.05, 0.1) is 5.56 Å². The Morgan fingerprint density at radius 3 is 2.65 bits per heavy atom. The molecule has 6 heteroatoms. The molecular formula is C17H14N2O4. The number of anilines is 1. The maximum atomic E-state index is 12.0. The van der Waals surface area contributed by atoms with Crippen molar-refractivity contribution in [3.8, 4) is 0 Å². The summed E-state index contributed by atoms with van der Waals surface area (Å²) in [5.41, 5.74) is 0.397. The number of fused-ring (bicyclic) bond motifs is 1. The molecule has 0 aliphatic heterocycles. The molecule has 116 valence electrons. The highest BCUT2D eigenvalue weighted by Crippen LogP contribution is 2.16. The van der Waals surface area contributed by atoms with E-state index < -0.39 is 18.5 Å². The smallest absolute Gasteiger partial charge is 0.338 e. The molecule has 0 aliphatic rings. The van der Waals surface area contributed by atoms with Gasteiger partial charge in [-0.25, -0.2) is 4.79 Å². The van der Waals surface area contributed by atoms with E-state index in [0.29, 0.717) is 11.3 Å². The minimum atomic E-state index is -0.553. The number of hydrogen-bond donors (Lipinski definition) is 1. The van der Waals surface area contributed by atoms with E-state index in [0.717, 1.165) is 10.8 Å². The molecule has 0 saturated heterocycles. The molecule has 6 nitrogen and oxygen atoms in total. The standard InChI is InChI=1S/C17H14N2O4/c1-11-8-15(19-23-11)18-16(20)10-22-17(21)14-7-6-12-4-2-3-5-13(12)9-14/h2-9H,10H2,1H3,(H,18,19,20). The fourth-order valence-electron chi connectivity index (χ4n) is 2.13. The van der Waals surface area contributed by atoms with Gasteiger partial charge in [0, 0.05) is 6.07 Å². The largest absolute Gasteiger partial charge is 0.452 e. The van der Waals surface area contributed by atoms with Gasteiger partial charge in [0.25, 0.3) is 5.91 Å². The van der Waals surface area contributed by atoms with E-state index in [4.69, 9.17) is 9.26 Å². The van der Waals surface area contributed by atoms with Crippen LogP contribution in [0.4, 0.5) is 5.82 Å². The van der Waals surface area contributed by atoms with Crippen molar-refractivity contribution in [3.63, 3.8) is 0 Å². The Morgan fingerprint density at radius 1 is 1.13 bits per heavy atom. The number of rotatable bonds is 4. The first-order chi connectivity index (χ1) is 11.1. The van der Waals surface area contributed by atoms with Crippen LogP contribution in [0.2, 0.25) is 0 Å². The molecule has 0 aliphatic carbocycles. The van der Waals surface area contributed by atoms with Crippen molar-refractivity contribution in [1.29, 1.82) is 0 Å². The van der Waals surface area contributed by atoms with Gasteiger partial charge in [-0.1, -0.05) is 35.5 Å². The number of esters is 1. The topological polar surface area (TPSA) is 81.4 Å². The van der Waals surface area contributed by atoms with Crippen LogP contribution in [-0.2, 0) is 9.53 Å². The zero-order valence-electron chi connectivity index (χ0n) is 12.4. The van der Waals surface area contributed by atoms with Crippen molar-refractivity contribution < 1.29 is 18.8 Å². The van der Waals surface area contributed by atoms with Gasteiger partial charge in [0.15, 0.2) is 12.4 Å². The second kappa shape index (κ2) is 6.31. The highest BCUT2D eigenvalue weighted by atomic mass is 16.5. The fraction of sp³-hybridized carbons (Fsp3) is 0.118. The molecule has 2 aromatic carbocycles. The number of hydrogen-bond acceptors (Lipinski definition) is 5. The Labute approximate surface area is 132 Å². The highest BCUT2D eigenvalue weighted by molar-refractivity contribution is 5.97. The summed E-state index contributed by atoms with van der Waals surface area (Å²) in [5.74, 6) is -0.169. The molecular weight excluding hydrogens is 296 g/mol. The molecule has 0 fully saturated rings. The molecule has 0 spiro atoms. The van der Waals surface area contributed by atoms with Crippen molar-refractivity contribution in [3.05, 3.63) is 59.9 Å². The molecule has 0 bridgehead atoms. The summed E-state index contributed by atoms with van der Waals surface area (Å²) in [7, 11) is 0. The predicted octanol–water partition coefficient (Wildman–Crippen LogP) is 2.93. The zero-order chi connectivity index (χ0) is 16.2. The van der Waals surface area contributed by atoms with Crippen LogP contribution in [0.25, 0.3) is 10.8 Å². The first-order valence-corrected chi connectivity index (χ1v) is 7.01. The lowest BCUT2D eigenvalue weighted by atomic mass is 10.1. The summed E-state index contributed by atoms with van der Waals surface area (Å²) < 4.78 is 9.84. The first kappa shape index (κ1) is 14.8. The molecule has 23 heavy (non-hydrogen) atoms. The fourth-order valence-corrected chi connectivity index (χ4v) is 2.13. The normalized spacial score (nSPS) is 10.5. The number of nitrogens with one attached hydrogen (secondary N) is 1. The predicted molar refractivity (Wildman–Crippen MR) is 84.1 cm³/mol. The number of aromatic nitrogens is 1. The van der Waals surface area contributed by atoms with E-state index in [1.54, 1.807) is 25.1 Å². The van der Waals surface area contributed by atoms with E-state index in [9.17, 15) is 9.59 Å². The number of carbonyl (C=O) groups is 2. The minimum absolute atomic E-state index is 0.286. The summed E-state index contributed by atoms with van der Waals surface area (Å²) in [5, 5.41) is 8.07. The Morgan fingerprint density at radius 2 is 1.91 bits per heavy atom. The third-order valence-electron chi connectivity index (χ3n) is 3.21. The quantitative estimate of drug-likeness (QED) is 0.749. The molecule has 1 heterocycles. The SMILES string of the molecule is Cc1cc(NC(=O)COC(=O)c2ccc3ccccc3c2)no1.